The van der Waals surface area contributed by atoms with E-state index in [2.05, 4.69) is 21.6 Å². The molecule has 0 unspecified atom stereocenters. The van der Waals surface area contributed by atoms with E-state index in [0.717, 1.165) is 44.2 Å². The van der Waals surface area contributed by atoms with Gasteiger partial charge in [0, 0.05) is 38.3 Å². The van der Waals surface area contributed by atoms with Crippen molar-refractivity contribution in [1.82, 2.24) is 20.4 Å². The number of carboxylic acid groups (broad SMARTS) is 2. The van der Waals surface area contributed by atoms with Gasteiger partial charge in [0.25, 0.3) is 0 Å². The molecule has 0 radical (unpaired) electrons. The second-order valence-electron chi connectivity index (χ2n) is 7.40. The molecule has 0 atom stereocenters. The molecule has 0 aliphatic carbocycles. The van der Waals surface area contributed by atoms with Crippen molar-refractivity contribution in [3.05, 3.63) is 47.2 Å². The minimum absolute atomic E-state index is 0.148. The number of carboxylic acids is 2. The number of nitrogens with one attached hydrogen (secondary N) is 2. The van der Waals surface area contributed by atoms with E-state index >= 15 is 0 Å². The summed E-state index contributed by atoms with van der Waals surface area (Å²) in [6.45, 7) is 7.00. The maximum Gasteiger partial charge on any atom is 0.328 e. The number of likely N-dealkylation sites (tertiary alicyclic amines) is 1. The molecule has 11 heteroatoms. The molecule has 0 saturated carbocycles. The zero-order valence-electron chi connectivity index (χ0n) is 18.3. The second-order valence-corrected chi connectivity index (χ2v) is 7.40. The fourth-order valence-electron chi connectivity index (χ4n) is 3.47. The molecule has 0 aromatic carbocycles. The van der Waals surface area contributed by atoms with Gasteiger partial charge in [-0.05, 0) is 38.1 Å². The van der Waals surface area contributed by atoms with E-state index in [9.17, 15) is 9.59 Å². The molecule has 4 N–H and O–H groups in total. The molecule has 3 heterocycles. The Hall–Kier alpha value is -3.80. The van der Waals surface area contributed by atoms with Gasteiger partial charge < -0.3 is 30.2 Å². The first kappa shape index (κ1) is 25.5. The second kappa shape index (κ2) is 13.6. The molecule has 2 saturated heterocycles. The Labute approximate surface area is 192 Å². The highest BCUT2D eigenvalue weighted by atomic mass is 16.4. The summed E-state index contributed by atoms with van der Waals surface area (Å²) in [6, 6.07) is 7.99. The van der Waals surface area contributed by atoms with E-state index in [0.29, 0.717) is 24.5 Å². The van der Waals surface area contributed by atoms with Crippen LogP contribution in [0.3, 0.4) is 0 Å². The van der Waals surface area contributed by atoms with Gasteiger partial charge in [-0.2, -0.15) is 10.5 Å². The average molecular weight is 457 g/mol. The van der Waals surface area contributed by atoms with Gasteiger partial charge in [0.05, 0.1) is 13.1 Å². The minimum Gasteiger partial charge on any atom is -0.478 e. The van der Waals surface area contributed by atoms with Gasteiger partial charge in [-0.15, -0.1) is 0 Å². The van der Waals surface area contributed by atoms with Crippen LogP contribution in [0.4, 0.5) is 0 Å². The molecule has 1 aromatic heterocycles. The van der Waals surface area contributed by atoms with E-state index in [1.54, 1.807) is 0 Å². The number of furan rings is 1. The summed E-state index contributed by atoms with van der Waals surface area (Å²) in [7, 11) is 0. The Bertz CT molecular complexity index is 917. The van der Waals surface area contributed by atoms with E-state index in [-0.39, 0.29) is 5.57 Å². The highest BCUT2D eigenvalue weighted by Gasteiger charge is 2.20. The van der Waals surface area contributed by atoms with Gasteiger partial charge in [0.2, 0.25) is 0 Å². The molecular weight excluding hydrogens is 428 g/mol. The number of nitriles is 2. The molecule has 176 valence electrons. The van der Waals surface area contributed by atoms with Gasteiger partial charge in [0.15, 0.2) is 5.57 Å². The summed E-state index contributed by atoms with van der Waals surface area (Å²) in [4.78, 5) is 23.6. The fraction of sp³-hybridized carbons (Fsp3) is 0.455. The maximum atomic E-state index is 9.55. The summed E-state index contributed by atoms with van der Waals surface area (Å²) in [6.07, 6.45) is 3.69. The van der Waals surface area contributed by atoms with Crippen LogP contribution in [0.15, 0.2) is 40.1 Å². The standard InChI is InChI=1S/C18H24N6O.C4H4O4/c19-11-15(12-20)18-22-6-10-24(18)9-5-21-13-16-3-4-17(25-16)14-23-7-1-2-8-23;5-3(6)1-2-4(7)8/h3-4,21-22H,1-2,5-10,13-14H2;1-2H,(H,5,6)(H,7,8)/b;2-1+. The lowest BCUT2D eigenvalue weighted by Crippen LogP contribution is -2.30. The Morgan fingerprint density at radius 3 is 2.33 bits per heavy atom. The predicted molar refractivity (Wildman–Crippen MR) is 117 cm³/mol. The zero-order chi connectivity index (χ0) is 24.1. The number of rotatable bonds is 9. The molecular formula is C22H28N6O5. The van der Waals surface area contributed by atoms with Crippen molar-refractivity contribution in [2.75, 3.05) is 39.3 Å². The lowest BCUT2D eigenvalue weighted by atomic mass is 10.3. The van der Waals surface area contributed by atoms with E-state index in [1.165, 1.54) is 25.9 Å². The van der Waals surface area contributed by atoms with Crippen LogP contribution in [-0.2, 0) is 22.7 Å². The van der Waals surface area contributed by atoms with Crippen molar-refractivity contribution in [1.29, 1.82) is 10.5 Å². The third-order valence-corrected chi connectivity index (χ3v) is 4.97. The number of nitrogens with zero attached hydrogens (tertiary/aromatic N) is 4. The Balaban J connectivity index is 0.000000414. The number of carbonyl (C=O) groups is 2. The Morgan fingerprint density at radius 1 is 1.09 bits per heavy atom. The molecule has 11 nitrogen and oxygen atoms in total. The van der Waals surface area contributed by atoms with Crippen molar-refractivity contribution in [3.8, 4) is 12.1 Å². The van der Waals surface area contributed by atoms with Crippen LogP contribution < -0.4 is 10.6 Å². The third-order valence-electron chi connectivity index (χ3n) is 4.97. The van der Waals surface area contributed by atoms with Gasteiger partial charge >= 0.3 is 11.9 Å². The monoisotopic (exact) mass is 456 g/mol. The molecule has 0 spiro atoms. The van der Waals surface area contributed by atoms with Crippen molar-refractivity contribution < 1.29 is 24.2 Å². The van der Waals surface area contributed by atoms with Gasteiger partial charge in [-0.1, -0.05) is 0 Å². The predicted octanol–water partition coefficient (Wildman–Crippen LogP) is 0.841. The molecule has 1 aromatic rings. The smallest absolute Gasteiger partial charge is 0.328 e. The largest absolute Gasteiger partial charge is 0.478 e. The molecule has 2 aliphatic heterocycles. The molecule has 33 heavy (non-hydrogen) atoms. The van der Waals surface area contributed by atoms with Crippen molar-refractivity contribution in [3.63, 3.8) is 0 Å². The van der Waals surface area contributed by atoms with Crippen LogP contribution in [0.2, 0.25) is 0 Å². The summed E-state index contributed by atoms with van der Waals surface area (Å²) in [5, 5.41) is 40.1. The quantitative estimate of drug-likeness (QED) is 0.236. The van der Waals surface area contributed by atoms with Crippen LogP contribution in [0.25, 0.3) is 0 Å². The summed E-state index contributed by atoms with van der Waals surface area (Å²) in [5.41, 5.74) is 0.148. The van der Waals surface area contributed by atoms with Crippen molar-refractivity contribution in [2.24, 2.45) is 0 Å². The number of allylic oxidation sites excluding steroid dienone is 1. The van der Waals surface area contributed by atoms with Gasteiger partial charge in [-0.3, -0.25) is 4.90 Å². The highest BCUT2D eigenvalue weighted by molar-refractivity contribution is 5.89. The molecule has 2 fully saturated rings. The van der Waals surface area contributed by atoms with Crippen molar-refractivity contribution in [2.45, 2.75) is 25.9 Å². The lowest BCUT2D eigenvalue weighted by Gasteiger charge is -2.18. The Kier molecular flexibility index (Phi) is 10.5. The fourth-order valence-corrected chi connectivity index (χ4v) is 3.47. The number of aliphatic carboxylic acids is 2. The topological polar surface area (TPSA) is 166 Å². The molecule has 0 bridgehead atoms. The van der Waals surface area contributed by atoms with Gasteiger partial charge in [-0.25, -0.2) is 9.59 Å². The normalized spacial score (nSPS) is 15.5. The van der Waals surface area contributed by atoms with Crippen LogP contribution in [0, 0.1) is 22.7 Å². The molecule has 3 rings (SSSR count). The van der Waals surface area contributed by atoms with Gasteiger partial charge in [0.1, 0.15) is 29.5 Å². The van der Waals surface area contributed by atoms with Crippen LogP contribution in [0.1, 0.15) is 24.4 Å². The average Bonchev–Trinajstić information content (AvgIpc) is 3.55. The lowest BCUT2D eigenvalue weighted by molar-refractivity contribution is -0.134. The SMILES string of the molecule is N#CC(C#N)=C1NCCN1CCNCc1ccc(CN2CCCC2)o1.O=C(O)/C=C/C(=O)O. The number of hydrogen-bond donors (Lipinski definition) is 4. The molecule has 0 amide bonds. The van der Waals surface area contributed by atoms with Crippen molar-refractivity contribution >= 4 is 11.9 Å². The van der Waals surface area contributed by atoms with E-state index in [1.807, 2.05) is 23.1 Å². The first-order chi connectivity index (χ1) is 15.9. The zero-order valence-corrected chi connectivity index (χ0v) is 18.3. The van der Waals surface area contributed by atoms with Crippen LogP contribution in [-0.4, -0.2) is 71.2 Å². The first-order valence-electron chi connectivity index (χ1n) is 10.6. The van der Waals surface area contributed by atoms with Crippen LogP contribution >= 0.6 is 0 Å². The highest BCUT2D eigenvalue weighted by Crippen LogP contribution is 2.15. The molecule has 2 aliphatic rings. The van der Waals surface area contributed by atoms with E-state index in [4.69, 9.17) is 25.2 Å². The number of hydrogen-bond acceptors (Lipinski definition) is 9. The van der Waals surface area contributed by atoms with Crippen LogP contribution in [0.5, 0.6) is 0 Å². The summed E-state index contributed by atoms with van der Waals surface area (Å²) < 4.78 is 5.89. The first-order valence-corrected chi connectivity index (χ1v) is 10.6. The summed E-state index contributed by atoms with van der Waals surface area (Å²) in [5.74, 6) is 0.108. The summed E-state index contributed by atoms with van der Waals surface area (Å²) >= 11 is 0. The maximum absolute atomic E-state index is 9.55. The minimum atomic E-state index is -1.26. The third kappa shape index (κ3) is 9.07. The Morgan fingerprint density at radius 2 is 1.73 bits per heavy atom. The van der Waals surface area contributed by atoms with E-state index < -0.39 is 11.9 Å².